The molecular formula is C11H27N3O3. The third-order valence-electron chi connectivity index (χ3n) is 1.87. The third-order valence-corrected chi connectivity index (χ3v) is 1.87. The molecule has 0 amide bonds. The molecule has 0 aliphatic rings. The molecule has 104 valence electrons. The second-order valence-corrected chi connectivity index (χ2v) is 3.52. The highest BCUT2D eigenvalue weighted by atomic mass is 16.5. The quantitative estimate of drug-likeness (QED) is 0.339. The summed E-state index contributed by atoms with van der Waals surface area (Å²) in [5.41, 5.74) is 5.22. The van der Waals surface area contributed by atoms with Gasteiger partial charge >= 0.3 is 5.97 Å². The van der Waals surface area contributed by atoms with Gasteiger partial charge in [-0.3, -0.25) is 10.1 Å². The molecule has 1 unspecified atom stereocenters. The first-order valence-electron chi connectivity index (χ1n) is 5.98. The lowest BCUT2D eigenvalue weighted by molar-refractivity contribution is -0.138. The number of nitrogens with two attached hydrogens (primary N) is 1. The number of carboxylic acid groups (broad SMARTS) is 1. The number of nitrogens with one attached hydrogen (secondary N) is 2. The zero-order chi connectivity index (χ0) is 13.5. The Bertz CT molecular complexity index is 164. The largest absolute Gasteiger partial charge is 0.480 e. The van der Waals surface area contributed by atoms with Crippen LogP contribution in [-0.4, -0.2) is 50.6 Å². The average molecular weight is 249 g/mol. The highest BCUT2D eigenvalue weighted by Gasteiger charge is 2.09. The van der Waals surface area contributed by atoms with Crippen LogP contribution in [-0.2, 0) is 9.53 Å². The molecule has 0 fully saturated rings. The van der Waals surface area contributed by atoms with E-state index in [0.29, 0.717) is 19.7 Å². The van der Waals surface area contributed by atoms with Crippen LogP contribution in [0.2, 0.25) is 0 Å². The van der Waals surface area contributed by atoms with Crippen molar-refractivity contribution in [2.75, 3.05) is 33.5 Å². The molecule has 0 saturated heterocycles. The van der Waals surface area contributed by atoms with Gasteiger partial charge in [0, 0.05) is 7.11 Å². The summed E-state index contributed by atoms with van der Waals surface area (Å²) in [5.74, 6) is -0.932. The Morgan fingerprint density at radius 3 is 2.41 bits per heavy atom. The molecule has 6 heteroatoms. The molecule has 0 aromatic carbocycles. The van der Waals surface area contributed by atoms with E-state index in [4.69, 9.17) is 15.6 Å². The van der Waals surface area contributed by atoms with Crippen molar-refractivity contribution in [2.24, 2.45) is 5.73 Å². The van der Waals surface area contributed by atoms with Crippen LogP contribution in [0.3, 0.4) is 0 Å². The van der Waals surface area contributed by atoms with Gasteiger partial charge < -0.3 is 20.9 Å². The van der Waals surface area contributed by atoms with E-state index in [1.54, 1.807) is 7.11 Å². The van der Waals surface area contributed by atoms with E-state index in [2.05, 4.69) is 17.6 Å². The summed E-state index contributed by atoms with van der Waals surface area (Å²) >= 11 is 0. The summed E-state index contributed by atoms with van der Waals surface area (Å²) in [7, 11) is 1.68. The third kappa shape index (κ3) is 17.9. The van der Waals surface area contributed by atoms with Gasteiger partial charge in [-0.05, 0) is 32.5 Å². The molecule has 0 radical (unpaired) electrons. The summed E-state index contributed by atoms with van der Waals surface area (Å²) in [5, 5.41) is 14.4. The van der Waals surface area contributed by atoms with Gasteiger partial charge in [-0.1, -0.05) is 13.8 Å². The van der Waals surface area contributed by atoms with E-state index in [9.17, 15) is 4.79 Å². The first-order valence-corrected chi connectivity index (χ1v) is 5.98. The lowest BCUT2D eigenvalue weighted by Crippen LogP contribution is -2.33. The second-order valence-electron chi connectivity index (χ2n) is 3.52. The minimum Gasteiger partial charge on any atom is -0.480 e. The van der Waals surface area contributed by atoms with Crippen LogP contribution in [0.1, 0.15) is 26.7 Å². The predicted octanol–water partition coefficient (Wildman–Crippen LogP) is -0.0122. The molecule has 0 aliphatic carbocycles. The number of carboxylic acids is 1. The maximum Gasteiger partial charge on any atom is 0.320 e. The maximum absolute atomic E-state index is 10.1. The Hall–Kier alpha value is -0.690. The van der Waals surface area contributed by atoms with Crippen molar-refractivity contribution in [1.82, 2.24) is 10.6 Å². The highest BCUT2D eigenvalue weighted by Crippen LogP contribution is 1.84. The first kappa shape index (κ1) is 18.7. The fourth-order valence-corrected chi connectivity index (χ4v) is 0.909. The zero-order valence-electron chi connectivity index (χ0n) is 11.2. The average Bonchev–Trinajstić information content (AvgIpc) is 2.30. The van der Waals surface area contributed by atoms with Gasteiger partial charge in [-0.2, -0.15) is 0 Å². The molecule has 0 bridgehead atoms. The fourth-order valence-electron chi connectivity index (χ4n) is 0.909. The van der Waals surface area contributed by atoms with Crippen LogP contribution in [0, 0.1) is 0 Å². The van der Waals surface area contributed by atoms with Crippen molar-refractivity contribution >= 4 is 5.97 Å². The Labute approximate surface area is 104 Å². The van der Waals surface area contributed by atoms with Crippen LogP contribution in [0.25, 0.3) is 0 Å². The van der Waals surface area contributed by atoms with Crippen molar-refractivity contribution in [3.8, 4) is 0 Å². The lowest BCUT2D eigenvalue weighted by atomic mass is 10.2. The fraction of sp³-hybridized carbons (Fsp3) is 0.909. The van der Waals surface area contributed by atoms with Crippen LogP contribution in [0.4, 0.5) is 0 Å². The monoisotopic (exact) mass is 249 g/mol. The minimum absolute atomic E-state index is 0.489. The number of hydrogen-bond acceptors (Lipinski definition) is 5. The van der Waals surface area contributed by atoms with Gasteiger partial charge in [0.15, 0.2) is 0 Å². The molecule has 0 aromatic rings. The highest BCUT2D eigenvalue weighted by molar-refractivity contribution is 5.72. The van der Waals surface area contributed by atoms with Gasteiger partial charge in [0.25, 0.3) is 0 Å². The molecule has 0 aromatic heterocycles. The lowest BCUT2D eigenvalue weighted by Gasteiger charge is -2.04. The van der Waals surface area contributed by atoms with E-state index in [-0.39, 0.29) is 0 Å². The molecule has 0 saturated carbocycles. The minimum atomic E-state index is -0.932. The molecule has 0 rings (SSSR count). The molecule has 0 aliphatic heterocycles. The molecule has 17 heavy (non-hydrogen) atoms. The Balaban J connectivity index is 0. The normalized spacial score (nSPS) is 11.5. The Morgan fingerprint density at radius 2 is 2.00 bits per heavy atom. The van der Waals surface area contributed by atoms with Crippen LogP contribution >= 0.6 is 0 Å². The predicted molar refractivity (Wildman–Crippen MR) is 68.9 cm³/mol. The standard InChI is InChI=1S/C6H14N2O2.C5H13NO/c1-2-8-4-3-5(7)6(9)10;1-3-4-6-5-7-2/h5,8H,2-4,7H2,1H3,(H,9,10);6H,3-5H2,1-2H3. The molecular weight excluding hydrogens is 222 g/mol. The van der Waals surface area contributed by atoms with Gasteiger partial charge in [-0.25, -0.2) is 0 Å². The SMILES string of the molecule is CCCNCOC.CCNCCC(N)C(=O)O. The van der Waals surface area contributed by atoms with Crippen molar-refractivity contribution in [1.29, 1.82) is 0 Å². The number of rotatable bonds is 9. The van der Waals surface area contributed by atoms with Crippen LogP contribution in [0.5, 0.6) is 0 Å². The van der Waals surface area contributed by atoms with Gasteiger partial charge in [-0.15, -0.1) is 0 Å². The number of hydrogen-bond donors (Lipinski definition) is 4. The Kier molecular flexibility index (Phi) is 16.8. The number of ether oxygens (including phenoxy) is 1. The number of aliphatic carboxylic acids is 1. The van der Waals surface area contributed by atoms with Crippen molar-refractivity contribution in [2.45, 2.75) is 32.7 Å². The summed E-state index contributed by atoms with van der Waals surface area (Å²) in [4.78, 5) is 10.1. The summed E-state index contributed by atoms with van der Waals surface area (Å²) in [6.07, 6.45) is 1.66. The topological polar surface area (TPSA) is 96.6 Å². The summed E-state index contributed by atoms with van der Waals surface area (Å²) in [6.45, 7) is 7.34. The molecule has 5 N–H and O–H groups in total. The number of methoxy groups -OCH3 is 1. The maximum atomic E-state index is 10.1. The smallest absolute Gasteiger partial charge is 0.320 e. The molecule has 6 nitrogen and oxygen atoms in total. The van der Waals surface area contributed by atoms with Crippen molar-refractivity contribution < 1.29 is 14.6 Å². The van der Waals surface area contributed by atoms with Gasteiger partial charge in [0.2, 0.25) is 0 Å². The van der Waals surface area contributed by atoms with E-state index in [1.165, 1.54) is 6.42 Å². The first-order chi connectivity index (χ1) is 8.09. The summed E-state index contributed by atoms with van der Waals surface area (Å²) < 4.78 is 4.73. The van der Waals surface area contributed by atoms with E-state index in [0.717, 1.165) is 13.1 Å². The number of carbonyl (C=O) groups is 1. The van der Waals surface area contributed by atoms with Crippen molar-refractivity contribution in [3.05, 3.63) is 0 Å². The van der Waals surface area contributed by atoms with Crippen LogP contribution < -0.4 is 16.4 Å². The van der Waals surface area contributed by atoms with Crippen molar-refractivity contribution in [3.63, 3.8) is 0 Å². The molecule has 0 heterocycles. The van der Waals surface area contributed by atoms with E-state index < -0.39 is 12.0 Å². The van der Waals surface area contributed by atoms with E-state index >= 15 is 0 Å². The zero-order valence-corrected chi connectivity index (χ0v) is 11.2. The molecule has 1 atom stereocenters. The van der Waals surface area contributed by atoms with E-state index in [1.807, 2.05) is 6.92 Å². The summed E-state index contributed by atoms with van der Waals surface area (Å²) in [6, 6.07) is -0.723. The van der Waals surface area contributed by atoms with Gasteiger partial charge in [0.05, 0.1) is 6.73 Å². The van der Waals surface area contributed by atoms with Gasteiger partial charge in [0.1, 0.15) is 6.04 Å². The Morgan fingerprint density at radius 1 is 1.35 bits per heavy atom. The molecule has 0 spiro atoms. The van der Waals surface area contributed by atoms with Crippen LogP contribution in [0.15, 0.2) is 0 Å². The second kappa shape index (κ2) is 15.3.